The van der Waals surface area contributed by atoms with Crippen LogP contribution in [0.4, 0.5) is 11.6 Å². The highest BCUT2D eigenvalue weighted by Gasteiger charge is 2.17. The fourth-order valence-electron chi connectivity index (χ4n) is 2.57. The Labute approximate surface area is 144 Å². The number of carbonyl (C=O) groups excluding carboxylic acids is 1. The van der Waals surface area contributed by atoms with Crippen molar-refractivity contribution in [2.45, 2.75) is 0 Å². The Morgan fingerprint density at radius 3 is 2.77 bits per heavy atom. The van der Waals surface area contributed by atoms with E-state index in [1.807, 2.05) is 6.07 Å². The number of benzene rings is 2. The van der Waals surface area contributed by atoms with E-state index in [1.165, 1.54) is 24.3 Å². The molecule has 0 saturated carbocycles. The monoisotopic (exact) mass is 350 g/mol. The molecule has 1 amide bonds. The van der Waals surface area contributed by atoms with Crippen molar-refractivity contribution >= 4 is 39.5 Å². The van der Waals surface area contributed by atoms with Crippen LogP contribution in [0.3, 0.4) is 0 Å². The molecule has 2 aromatic carbocycles. The number of nitro benzene ring substituents is 1. The molecule has 4 aromatic rings. The maximum Gasteiger partial charge on any atom is 0.349 e. The van der Waals surface area contributed by atoms with Crippen LogP contribution in [0.15, 0.2) is 57.7 Å². The highest BCUT2D eigenvalue weighted by Crippen LogP contribution is 2.21. The fraction of sp³-hybridized carbons (Fsp3) is 0. The van der Waals surface area contributed by atoms with Crippen LogP contribution in [0.25, 0.3) is 22.0 Å². The first kappa shape index (κ1) is 15.5. The molecule has 128 valence electrons. The first-order valence-electron chi connectivity index (χ1n) is 7.50. The predicted molar refractivity (Wildman–Crippen MR) is 93.2 cm³/mol. The van der Waals surface area contributed by atoms with Gasteiger partial charge in [-0.15, -0.1) is 0 Å². The fourth-order valence-corrected chi connectivity index (χ4v) is 2.57. The number of hydrogen-bond donors (Lipinski definition) is 2. The average Bonchev–Trinajstić information content (AvgIpc) is 3.02. The Morgan fingerprint density at radius 2 is 2.00 bits per heavy atom. The first-order valence-corrected chi connectivity index (χ1v) is 7.50. The average molecular weight is 350 g/mol. The molecule has 0 spiro atoms. The van der Waals surface area contributed by atoms with Crippen molar-refractivity contribution < 1.29 is 14.1 Å². The molecule has 0 aliphatic rings. The summed E-state index contributed by atoms with van der Waals surface area (Å²) in [6, 6.07) is 12.2. The van der Waals surface area contributed by atoms with E-state index < -0.39 is 16.5 Å². The van der Waals surface area contributed by atoms with Crippen molar-refractivity contribution in [3.63, 3.8) is 0 Å². The van der Waals surface area contributed by atoms with E-state index in [1.54, 1.807) is 18.2 Å². The molecule has 26 heavy (non-hydrogen) atoms. The Hall–Kier alpha value is -4.01. The minimum absolute atomic E-state index is 0.154. The van der Waals surface area contributed by atoms with Gasteiger partial charge in [0.1, 0.15) is 11.1 Å². The number of carbonyl (C=O) groups is 1. The lowest BCUT2D eigenvalue weighted by Crippen LogP contribution is -2.21. The van der Waals surface area contributed by atoms with Crippen LogP contribution in [0.1, 0.15) is 10.4 Å². The Bertz CT molecular complexity index is 1210. The first-order chi connectivity index (χ1) is 12.5. The zero-order valence-corrected chi connectivity index (χ0v) is 13.1. The standard InChI is InChI=1S/C17H10N4O5/c22-15(20-17-18-12-3-1-2-4-13(12)19-17)11-8-9-7-10(21(24)25)5-6-14(9)26-16(11)23/h1-8H,(H2,18,19,20,22). The van der Waals surface area contributed by atoms with Gasteiger partial charge in [-0.2, -0.15) is 0 Å². The van der Waals surface area contributed by atoms with Gasteiger partial charge in [-0.1, -0.05) is 12.1 Å². The lowest BCUT2D eigenvalue weighted by Gasteiger charge is -2.02. The summed E-state index contributed by atoms with van der Waals surface area (Å²) < 4.78 is 5.08. The summed E-state index contributed by atoms with van der Waals surface area (Å²) >= 11 is 0. The summed E-state index contributed by atoms with van der Waals surface area (Å²) in [7, 11) is 0. The summed E-state index contributed by atoms with van der Waals surface area (Å²) in [6.07, 6.45) is 0. The van der Waals surface area contributed by atoms with Crippen LogP contribution < -0.4 is 10.9 Å². The van der Waals surface area contributed by atoms with E-state index in [-0.39, 0.29) is 28.2 Å². The molecule has 4 rings (SSSR count). The van der Waals surface area contributed by atoms with E-state index in [4.69, 9.17) is 4.42 Å². The zero-order valence-electron chi connectivity index (χ0n) is 13.1. The molecule has 9 heteroatoms. The van der Waals surface area contributed by atoms with Gasteiger partial charge in [0, 0.05) is 17.5 Å². The summed E-state index contributed by atoms with van der Waals surface area (Å²) in [5.74, 6) is -0.555. The summed E-state index contributed by atoms with van der Waals surface area (Å²) in [6.45, 7) is 0. The molecule has 0 aliphatic carbocycles. The topological polar surface area (TPSA) is 131 Å². The molecule has 0 saturated heterocycles. The number of H-pyrrole nitrogens is 1. The van der Waals surface area contributed by atoms with Crippen LogP contribution in [0.2, 0.25) is 0 Å². The number of anilines is 1. The highest BCUT2D eigenvalue weighted by atomic mass is 16.6. The van der Waals surface area contributed by atoms with Gasteiger partial charge < -0.3 is 9.40 Å². The summed E-state index contributed by atoms with van der Waals surface area (Å²) in [4.78, 5) is 41.9. The zero-order chi connectivity index (χ0) is 18.3. The normalized spacial score (nSPS) is 10.9. The lowest BCUT2D eigenvalue weighted by molar-refractivity contribution is -0.384. The van der Waals surface area contributed by atoms with Gasteiger partial charge in [-0.3, -0.25) is 20.2 Å². The van der Waals surface area contributed by atoms with Gasteiger partial charge in [-0.05, 0) is 24.3 Å². The second-order valence-corrected chi connectivity index (χ2v) is 5.48. The third kappa shape index (κ3) is 2.67. The Balaban J connectivity index is 1.72. The van der Waals surface area contributed by atoms with Crippen LogP contribution in [-0.2, 0) is 0 Å². The van der Waals surface area contributed by atoms with Gasteiger partial charge in [0.05, 0.1) is 16.0 Å². The van der Waals surface area contributed by atoms with Gasteiger partial charge in [0.2, 0.25) is 5.95 Å². The maximum absolute atomic E-state index is 12.4. The second-order valence-electron chi connectivity index (χ2n) is 5.48. The molecule has 0 bridgehead atoms. The molecule has 0 radical (unpaired) electrons. The van der Waals surface area contributed by atoms with E-state index in [2.05, 4.69) is 15.3 Å². The van der Waals surface area contributed by atoms with Gasteiger partial charge >= 0.3 is 5.63 Å². The van der Waals surface area contributed by atoms with Crippen molar-refractivity contribution in [3.05, 3.63) is 74.6 Å². The molecule has 0 aliphatic heterocycles. The molecule has 0 unspecified atom stereocenters. The molecule has 2 heterocycles. The van der Waals surface area contributed by atoms with E-state index >= 15 is 0 Å². The van der Waals surface area contributed by atoms with Crippen molar-refractivity contribution in [1.82, 2.24) is 9.97 Å². The molecular formula is C17H10N4O5. The minimum atomic E-state index is -0.847. The number of nitrogens with zero attached hydrogens (tertiary/aromatic N) is 2. The number of amides is 1. The van der Waals surface area contributed by atoms with Gasteiger partial charge in [0.15, 0.2) is 0 Å². The maximum atomic E-state index is 12.4. The number of non-ortho nitro benzene ring substituents is 1. The quantitative estimate of drug-likeness (QED) is 0.332. The predicted octanol–water partition coefficient (Wildman–Crippen LogP) is 2.83. The van der Waals surface area contributed by atoms with Crippen molar-refractivity contribution in [1.29, 1.82) is 0 Å². The number of aromatic amines is 1. The van der Waals surface area contributed by atoms with E-state index in [0.717, 1.165) is 5.52 Å². The SMILES string of the molecule is O=C(Nc1nc2ccccc2[nH]1)c1cc2cc([N+](=O)[O-])ccc2oc1=O. The number of nitro groups is 1. The smallest absolute Gasteiger partial charge is 0.349 e. The second kappa shape index (κ2) is 5.81. The number of para-hydroxylation sites is 2. The molecule has 2 aromatic heterocycles. The Morgan fingerprint density at radius 1 is 1.19 bits per heavy atom. The number of fused-ring (bicyclic) bond motifs is 2. The molecule has 2 N–H and O–H groups in total. The molecular weight excluding hydrogens is 340 g/mol. The van der Waals surface area contributed by atoms with E-state index in [0.29, 0.717) is 5.52 Å². The van der Waals surface area contributed by atoms with Crippen molar-refractivity contribution in [2.24, 2.45) is 0 Å². The summed E-state index contributed by atoms with van der Waals surface area (Å²) in [5, 5.41) is 13.6. The number of hydrogen-bond acceptors (Lipinski definition) is 6. The van der Waals surface area contributed by atoms with Gasteiger partial charge in [0.25, 0.3) is 11.6 Å². The van der Waals surface area contributed by atoms with E-state index in [9.17, 15) is 19.7 Å². The van der Waals surface area contributed by atoms with Crippen molar-refractivity contribution in [2.75, 3.05) is 5.32 Å². The molecule has 0 atom stereocenters. The third-order valence-electron chi connectivity index (χ3n) is 3.79. The van der Waals surface area contributed by atoms with Gasteiger partial charge in [-0.25, -0.2) is 9.78 Å². The Kier molecular flexibility index (Phi) is 3.47. The van der Waals surface area contributed by atoms with Crippen LogP contribution >= 0.6 is 0 Å². The summed E-state index contributed by atoms with van der Waals surface area (Å²) in [5.41, 5.74) is 0.238. The number of aromatic nitrogens is 2. The highest BCUT2D eigenvalue weighted by molar-refractivity contribution is 6.05. The van der Waals surface area contributed by atoms with Crippen molar-refractivity contribution in [3.8, 4) is 0 Å². The molecule has 0 fully saturated rings. The molecule has 9 nitrogen and oxygen atoms in total. The van der Waals surface area contributed by atoms with Crippen LogP contribution in [-0.4, -0.2) is 20.8 Å². The van der Waals surface area contributed by atoms with Crippen LogP contribution in [0.5, 0.6) is 0 Å². The third-order valence-corrected chi connectivity index (χ3v) is 3.79. The number of imidazole rings is 1. The number of rotatable bonds is 3. The largest absolute Gasteiger partial charge is 0.422 e. The van der Waals surface area contributed by atoms with Crippen LogP contribution in [0, 0.1) is 10.1 Å². The number of nitrogens with one attached hydrogen (secondary N) is 2. The minimum Gasteiger partial charge on any atom is -0.422 e. The lowest BCUT2D eigenvalue weighted by atomic mass is 10.1.